The summed E-state index contributed by atoms with van der Waals surface area (Å²) >= 11 is 0. The summed E-state index contributed by atoms with van der Waals surface area (Å²) in [5.74, 6) is 0.496. The van der Waals surface area contributed by atoms with Gasteiger partial charge in [0, 0.05) is 19.1 Å². The standard InChI is InChI=1S/C16H24N2O4S/c1-12-4-5-15(10-13(12)2)22-11-16(19)17-14-6-8-18(9-7-14)23(3,20)21/h4-5,10,14H,6-9,11H2,1-3H3,(H,17,19). The molecule has 0 unspecified atom stereocenters. The Morgan fingerprint density at radius 2 is 1.91 bits per heavy atom. The Bertz CT molecular complexity index is 665. The van der Waals surface area contributed by atoms with E-state index in [-0.39, 0.29) is 18.6 Å². The van der Waals surface area contributed by atoms with Crippen LogP contribution in [0.25, 0.3) is 0 Å². The molecular formula is C16H24N2O4S. The van der Waals surface area contributed by atoms with Crippen LogP contribution in [-0.4, -0.2) is 50.6 Å². The molecule has 2 rings (SSSR count). The van der Waals surface area contributed by atoms with Gasteiger partial charge < -0.3 is 10.1 Å². The van der Waals surface area contributed by atoms with E-state index in [1.807, 2.05) is 32.0 Å². The predicted octanol–water partition coefficient (Wildman–Crippen LogP) is 1.22. The molecule has 7 heteroatoms. The van der Waals surface area contributed by atoms with E-state index in [9.17, 15) is 13.2 Å². The van der Waals surface area contributed by atoms with E-state index >= 15 is 0 Å². The number of amides is 1. The highest BCUT2D eigenvalue weighted by Crippen LogP contribution is 2.16. The Morgan fingerprint density at radius 1 is 1.26 bits per heavy atom. The van der Waals surface area contributed by atoms with Gasteiger partial charge in [0.1, 0.15) is 5.75 Å². The monoisotopic (exact) mass is 340 g/mol. The van der Waals surface area contributed by atoms with E-state index in [0.29, 0.717) is 31.7 Å². The average Bonchev–Trinajstić information content (AvgIpc) is 2.48. The first kappa shape index (κ1) is 17.7. The maximum absolute atomic E-state index is 11.9. The van der Waals surface area contributed by atoms with Crippen LogP contribution in [0.3, 0.4) is 0 Å². The molecule has 6 nitrogen and oxygen atoms in total. The highest BCUT2D eigenvalue weighted by atomic mass is 32.2. The minimum absolute atomic E-state index is 0.00357. The molecule has 0 aromatic heterocycles. The molecule has 1 aliphatic rings. The Kier molecular flexibility index (Phi) is 5.64. The van der Waals surface area contributed by atoms with Crippen LogP contribution in [0.5, 0.6) is 5.75 Å². The lowest BCUT2D eigenvalue weighted by molar-refractivity contribution is -0.124. The summed E-state index contributed by atoms with van der Waals surface area (Å²) < 4.78 is 29.8. The first-order chi connectivity index (χ1) is 10.8. The van der Waals surface area contributed by atoms with E-state index in [4.69, 9.17) is 4.74 Å². The normalized spacial score (nSPS) is 17.0. The summed E-state index contributed by atoms with van der Waals surface area (Å²) in [5.41, 5.74) is 2.30. The number of carbonyl (C=O) groups excluding carboxylic acids is 1. The second-order valence-electron chi connectivity index (χ2n) is 6.04. The molecule has 23 heavy (non-hydrogen) atoms. The summed E-state index contributed by atoms with van der Waals surface area (Å²) in [6.07, 6.45) is 2.47. The predicted molar refractivity (Wildman–Crippen MR) is 89.0 cm³/mol. The van der Waals surface area contributed by atoms with Crippen LogP contribution in [0.4, 0.5) is 0 Å². The quantitative estimate of drug-likeness (QED) is 0.874. The molecule has 0 bridgehead atoms. The van der Waals surface area contributed by atoms with Gasteiger partial charge in [-0.05, 0) is 49.9 Å². The summed E-state index contributed by atoms with van der Waals surface area (Å²) in [6.45, 7) is 4.88. The molecule has 1 aliphatic heterocycles. The van der Waals surface area contributed by atoms with Crippen molar-refractivity contribution in [1.29, 1.82) is 0 Å². The first-order valence-corrected chi connectivity index (χ1v) is 9.55. The maximum atomic E-state index is 11.9. The fourth-order valence-electron chi connectivity index (χ4n) is 2.55. The Hall–Kier alpha value is -1.60. The van der Waals surface area contributed by atoms with Crippen molar-refractivity contribution in [3.05, 3.63) is 29.3 Å². The molecule has 1 aromatic carbocycles. The van der Waals surface area contributed by atoms with Gasteiger partial charge in [-0.3, -0.25) is 4.79 Å². The van der Waals surface area contributed by atoms with E-state index in [0.717, 1.165) is 5.56 Å². The minimum atomic E-state index is -3.14. The summed E-state index contributed by atoms with van der Waals surface area (Å²) in [4.78, 5) is 11.9. The van der Waals surface area contributed by atoms with Gasteiger partial charge in [0.2, 0.25) is 10.0 Å². The highest BCUT2D eigenvalue weighted by Gasteiger charge is 2.25. The van der Waals surface area contributed by atoms with Crippen molar-refractivity contribution in [1.82, 2.24) is 9.62 Å². The largest absolute Gasteiger partial charge is 0.484 e. The number of sulfonamides is 1. The number of hydrogen-bond donors (Lipinski definition) is 1. The van der Waals surface area contributed by atoms with Gasteiger partial charge >= 0.3 is 0 Å². The fourth-order valence-corrected chi connectivity index (χ4v) is 3.43. The van der Waals surface area contributed by atoms with Crippen molar-refractivity contribution in [2.45, 2.75) is 32.7 Å². The van der Waals surface area contributed by atoms with E-state index < -0.39 is 10.0 Å². The van der Waals surface area contributed by atoms with Crippen molar-refractivity contribution in [3.63, 3.8) is 0 Å². The van der Waals surface area contributed by atoms with Crippen LogP contribution < -0.4 is 10.1 Å². The lowest BCUT2D eigenvalue weighted by Gasteiger charge is -2.30. The van der Waals surface area contributed by atoms with Crippen molar-refractivity contribution in [2.75, 3.05) is 26.0 Å². The zero-order valence-electron chi connectivity index (χ0n) is 13.8. The molecule has 0 spiro atoms. The van der Waals surface area contributed by atoms with Crippen molar-refractivity contribution in [2.24, 2.45) is 0 Å². The number of rotatable bonds is 5. The smallest absolute Gasteiger partial charge is 0.258 e. The third-order valence-corrected chi connectivity index (χ3v) is 5.44. The number of ether oxygens (including phenoxy) is 1. The van der Waals surface area contributed by atoms with Crippen LogP contribution >= 0.6 is 0 Å². The molecule has 1 N–H and O–H groups in total. The van der Waals surface area contributed by atoms with Gasteiger partial charge in [-0.25, -0.2) is 12.7 Å². The van der Waals surface area contributed by atoms with Crippen molar-refractivity contribution in [3.8, 4) is 5.75 Å². The Labute approximate surface area is 137 Å². The molecule has 1 saturated heterocycles. The summed E-state index contributed by atoms with van der Waals surface area (Å²) in [7, 11) is -3.14. The molecular weight excluding hydrogens is 316 g/mol. The lowest BCUT2D eigenvalue weighted by Crippen LogP contribution is -2.47. The van der Waals surface area contributed by atoms with Crippen molar-refractivity contribution < 1.29 is 17.9 Å². The number of hydrogen-bond acceptors (Lipinski definition) is 4. The molecule has 1 amide bonds. The van der Waals surface area contributed by atoms with Crippen molar-refractivity contribution >= 4 is 15.9 Å². The zero-order valence-corrected chi connectivity index (χ0v) is 14.6. The first-order valence-electron chi connectivity index (χ1n) is 7.70. The number of piperidine rings is 1. The SMILES string of the molecule is Cc1ccc(OCC(=O)NC2CCN(S(C)(=O)=O)CC2)cc1C. The average molecular weight is 340 g/mol. The van der Waals surface area contributed by atoms with Gasteiger partial charge in [0.25, 0.3) is 5.91 Å². The summed E-state index contributed by atoms with van der Waals surface area (Å²) in [6, 6.07) is 5.72. The van der Waals surface area contributed by atoms with E-state index in [1.165, 1.54) is 16.1 Å². The second-order valence-corrected chi connectivity index (χ2v) is 8.02. The number of carbonyl (C=O) groups is 1. The molecule has 128 valence electrons. The van der Waals surface area contributed by atoms with Crippen LogP contribution in [0, 0.1) is 13.8 Å². The number of nitrogens with one attached hydrogen (secondary N) is 1. The second kappa shape index (κ2) is 7.31. The third-order valence-electron chi connectivity index (χ3n) is 4.14. The highest BCUT2D eigenvalue weighted by molar-refractivity contribution is 7.88. The molecule has 0 radical (unpaired) electrons. The topological polar surface area (TPSA) is 75.7 Å². The number of nitrogens with zero attached hydrogens (tertiary/aromatic N) is 1. The molecule has 1 fully saturated rings. The van der Waals surface area contributed by atoms with Gasteiger partial charge in [-0.2, -0.15) is 0 Å². The lowest BCUT2D eigenvalue weighted by atomic mass is 10.1. The van der Waals surface area contributed by atoms with Gasteiger partial charge in [0.15, 0.2) is 6.61 Å². The Balaban J connectivity index is 1.76. The van der Waals surface area contributed by atoms with Crippen LogP contribution in [0.2, 0.25) is 0 Å². The zero-order chi connectivity index (χ0) is 17.0. The third kappa shape index (κ3) is 5.21. The van der Waals surface area contributed by atoms with Gasteiger partial charge in [0.05, 0.1) is 6.26 Å². The number of aryl methyl sites for hydroxylation is 2. The van der Waals surface area contributed by atoms with Crippen LogP contribution in [-0.2, 0) is 14.8 Å². The molecule has 0 aliphatic carbocycles. The molecule has 0 saturated carbocycles. The van der Waals surface area contributed by atoms with E-state index in [2.05, 4.69) is 5.32 Å². The number of benzene rings is 1. The fraction of sp³-hybridized carbons (Fsp3) is 0.562. The van der Waals surface area contributed by atoms with Crippen LogP contribution in [0.1, 0.15) is 24.0 Å². The molecule has 1 heterocycles. The Morgan fingerprint density at radius 3 is 2.48 bits per heavy atom. The summed E-state index contributed by atoms with van der Waals surface area (Å²) in [5, 5.41) is 2.90. The van der Waals surface area contributed by atoms with Crippen LogP contribution in [0.15, 0.2) is 18.2 Å². The maximum Gasteiger partial charge on any atom is 0.258 e. The molecule has 1 aromatic rings. The van der Waals surface area contributed by atoms with E-state index in [1.54, 1.807) is 0 Å². The van der Waals surface area contributed by atoms with Gasteiger partial charge in [-0.15, -0.1) is 0 Å². The van der Waals surface area contributed by atoms with Gasteiger partial charge in [-0.1, -0.05) is 6.07 Å². The minimum Gasteiger partial charge on any atom is -0.484 e. The molecule has 0 atom stereocenters.